The molecule has 0 amide bonds. The number of hydrogen-bond acceptors (Lipinski definition) is 3. The van der Waals surface area contributed by atoms with Gasteiger partial charge in [-0.15, -0.1) is 0 Å². The van der Waals surface area contributed by atoms with Gasteiger partial charge >= 0.3 is 5.97 Å². The molecule has 1 unspecified atom stereocenters. The van der Waals surface area contributed by atoms with Gasteiger partial charge in [0.1, 0.15) is 0 Å². The highest BCUT2D eigenvalue weighted by Crippen LogP contribution is 2.22. The second-order valence-corrected chi connectivity index (χ2v) is 4.98. The van der Waals surface area contributed by atoms with Crippen molar-refractivity contribution >= 4 is 23.3 Å². The maximum Gasteiger partial charge on any atom is 0.337 e. The molecule has 0 aliphatic rings. The summed E-state index contributed by atoms with van der Waals surface area (Å²) < 4.78 is 0. The van der Waals surface area contributed by atoms with Crippen LogP contribution in [0.2, 0.25) is 5.02 Å². The fraction of sp³-hybridized carbons (Fsp3) is 0.500. The molecule has 0 spiro atoms. The predicted octanol–water partition coefficient (Wildman–Crippen LogP) is 3.25. The van der Waals surface area contributed by atoms with Crippen molar-refractivity contribution in [3.63, 3.8) is 0 Å². The van der Waals surface area contributed by atoms with Gasteiger partial charge in [-0.2, -0.15) is 0 Å². The van der Waals surface area contributed by atoms with Crippen LogP contribution >= 0.6 is 11.6 Å². The average molecular weight is 286 g/mol. The largest absolute Gasteiger partial charge is 0.478 e. The summed E-state index contributed by atoms with van der Waals surface area (Å²) in [7, 11) is 0. The minimum absolute atomic E-state index is 0.152. The Morgan fingerprint density at radius 2 is 2.16 bits per heavy atom. The Morgan fingerprint density at radius 3 is 2.74 bits per heavy atom. The van der Waals surface area contributed by atoms with E-state index in [0.29, 0.717) is 23.2 Å². The lowest BCUT2D eigenvalue weighted by molar-refractivity contribution is 0.0698. The number of aliphatic hydroxyl groups is 1. The van der Waals surface area contributed by atoms with Crippen molar-refractivity contribution in [3.05, 3.63) is 28.8 Å². The van der Waals surface area contributed by atoms with E-state index in [1.54, 1.807) is 12.1 Å². The molecule has 0 aromatic heterocycles. The lowest BCUT2D eigenvalue weighted by atomic mass is 10.00. The molecule has 0 radical (unpaired) electrons. The maximum absolute atomic E-state index is 11.1. The van der Waals surface area contributed by atoms with Crippen LogP contribution in [0.3, 0.4) is 0 Å². The summed E-state index contributed by atoms with van der Waals surface area (Å²) >= 11 is 5.80. The number of aromatic carboxylic acids is 1. The second kappa shape index (κ2) is 8.02. The van der Waals surface area contributed by atoms with Crippen LogP contribution in [-0.4, -0.2) is 29.3 Å². The molecule has 0 aliphatic carbocycles. The van der Waals surface area contributed by atoms with Gasteiger partial charge in [-0.3, -0.25) is 0 Å². The number of anilines is 1. The third kappa shape index (κ3) is 5.09. The molecule has 5 heteroatoms. The second-order valence-electron chi connectivity index (χ2n) is 4.54. The van der Waals surface area contributed by atoms with E-state index in [4.69, 9.17) is 21.8 Å². The van der Waals surface area contributed by atoms with Gasteiger partial charge in [-0.1, -0.05) is 24.9 Å². The molecule has 1 atom stereocenters. The molecular formula is C14H20ClNO3. The van der Waals surface area contributed by atoms with Crippen LogP contribution in [0.5, 0.6) is 0 Å². The third-order valence-corrected chi connectivity index (χ3v) is 3.26. The molecule has 4 nitrogen and oxygen atoms in total. The highest BCUT2D eigenvalue weighted by molar-refractivity contribution is 6.31. The van der Waals surface area contributed by atoms with Crippen molar-refractivity contribution in [2.24, 2.45) is 5.92 Å². The fourth-order valence-corrected chi connectivity index (χ4v) is 2.21. The molecule has 0 saturated heterocycles. The number of rotatable bonds is 8. The van der Waals surface area contributed by atoms with E-state index in [1.807, 2.05) is 0 Å². The first-order valence-corrected chi connectivity index (χ1v) is 6.83. The van der Waals surface area contributed by atoms with E-state index < -0.39 is 5.97 Å². The van der Waals surface area contributed by atoms with Crippen molar-refractivity contribution in [3.8, 4) is 0 Å². The quantitative estimate of drug-likeness (QED) is 0.686. The molecule has 106 valence electrons. The molecule has 3 N–H and O–H groups in total. The standard InChI is InChI=1S/C14H20ClNO3/c1-2-3-10(6-7-17)9-16-13-5-4-11(15)8-12(13)14(18)19/h4-5,8,10,16-17H,2-3,6-7,9H2,1H3,(H,18,19). The maximum atomic E-state index is 11.1. The molecule has 19 heavy (non-hydrogen) atoms. The Hall–Kier alpha value is -1.26. The average Bonchev–Trinajstić information content (AvgIpc) is 2.37. The number of carboxylic acid groups (broad SMARTS) is 1. The summed E-state index contributed by atoms with van der Waals surface area (Å²) in [5.41, 5.74) is 0.739. The first kappa shape index (κ1) is 15.8. The lowest BCUT2D eigenvalue weighted by Crippen LogP contribution is -2.17. The highest BCUT2D eigenvalue weighted by Gasteiger charge is 2.12. The molecule has 1 rings (SSSR count). The van der Waals surface area contributed by atoms with Gasteiger partial charge in [-0.05, 0) is 37.0 Å². The molecule has 0 aliphatic heterocycles. The Labute approximate surface area is 118 Å². The third-order valence-electron chi connectivity index (χ3n) is 3.03. The molecule has 0 heterocycles. The number of hydrogen-bond donors (Lipinski definition) is 3. The highest BCUT2D eigenvalue weighted by atomic mass is 35.5. The minimum Gasteiger partial charge on any atom is -0.478 e. The van der Waals surface area contributed by atoms with Gasteiger partial charge in [0.2, 0.25) is 0 Å². The van der Waals surface area contributed by atoms with Crippen LogP contribution in [0.1, 0.15) is 36.5 Å². The van der Waals surface area contributed by atoms with Crippen LogP contribution in [0.25, 0.3) is 0 Å². The Kier molecular flexibility index (Phi) is 6.67. The van der Waals surface area contributed by atoms with Crippen LogP contribution < -0.4 is 5.32 Å². The van der Waals surface area contributed by atoms with Crippen molar-refractivity contribution in [2.75, 3.05) is 18.5 Å². The summed E-state index contributed by atoms with van der Waals surface area (Å²) in [6.45, 7) is 2.89. The van der Waals surface area contributed by atoms with E-state index in [1.165, 1.54) is 6.07 Å². The number of carbonyl (C=O) groups is 1. The van der Waals surface area contributed by atoms with Gasteiger partial charge in [0, 0.05) is 23.9 Å². The number of halogens is 1. The lowest BCUT2D eigenvalue weighted by Gasteiger charge is -2.17. The molecule has 0 fully saturated rings. The molecule has 1 aromatic carbocycles. The van der Waals surface area contributed by atoms with E-state index in [-0.39, 0.29) is 12.2 Å². The van der Waals surface area contributed by atoms with Crippen molar-refractivity contribution in [1.29, 1.82) is 0 Å². The first-order chi connectivity index (χ1) is 9.08. The van der Waals surface area contributed by atoms with Crippen LogP contribution in [0, 0.1) is 5.92 Å². The zero-order valence-corrected chi connectivity index (χ0v) is 11.8. The number of carboxylic acids is 1. The van der Waals surface area contributed by atoms with E-state index in [9.17, 15) is 4.79 Å². The zero-order chi connectivity index (χ0) is 14.3. The van der Waals surface area contributed by atoms with Crippen molar-refractivity contribution in [1.82, 2.24) is 0 Å². The Morgan fingerprint density at radius 1 is 1.42 bits per heavy atom. The van der Waals surface area contributed by atoms with E-state index >= 15 is 0 Å². The Bertz CT molecular complexity index is 417. The van der Waals surface area contributed by atoms with E-state index in [2.05, 4.69) is 12.2 Å². The van der Waals surface area contributed by atoms with Gasteiger partial charge < -0.3 is 15.5 Å². The summed E-state index contributed by atoms with van der Waals surface area (Å²) in [4.78, 5) is 11.1. The van der Waals surface area contributed by atoms with E-state index in [0.717, 1.165) is 19.3 Å². The van der Waals surface area contributed by atoms with Crippen LogP contribution in [-0.2, 0) is 0 Å². The summed E-state index contributed by atoms with van der Waals surface area (Å²) in [5.74, 6) is -0.661. The monoisotopic (exact) mass is 285 g/mol. The topological polar surface area (TPSA) is 69.6 Å². The fourth-order valence-electron chi connectivity index (χ4n) is 2.04. The van der Waals surface area contributed by atoms with Gasteiger partial charge in [0.25, 0.3) is 0 Å². The van der Waals surface area contributed by atoms with Crippen molar-refractivity contribution < 1.29 is 15.0 Å². The smallest absolute Gasteiger partial charge is 0.337 e. The van der Waals surface area contributed by atoms with Crippen LogP contribution in [0.4, 0.5) is 5.69 Å². The summed E-state index contributed by atoms with van der Waals surface area (Å²) in [6.07, 6.45) is 2.76. The normalized spacial score (nSPS) is 12.2. The van der Waals surface area contributed by atoms with Crippen LogP contribution in [0.15, 0.2) is 18.2 Å². The summed E-state index contributed by atoms with van der Waals surface area (Å²) in [5, 5.41) is 21.7. The predicted molar refractivity (Wildman–Crippen MR) is 77.0 cm³/mol. The van der Waals surface area contributed by atoms with Gasteiger partial charge in [0.15, 0.2) is 0 Å². The minimum atomic E-state index is -1.00. The zero-order valence-electron chi connectivity index (χ0n) is 11.0. The molecule has 1 aromatic rings. The van der Waals surface area contributed by atoms with Gasteiger partial charge in [0.05, 0.1) is 5.56 Å². The van der Waals surface area contributed by atoms with Crippen molar-refractivity contribution in [2.45, 2.75) is 26.2 Å². The number of aliphatic hydroxyl groups excluding tert-OH is 1. The molecule has 0 bridgehead atoms. The van der Waals surface area contributed by atoms with Gasteiger partial charge in [-0.25, -0.2) is 4.79 Å². The number of nitrogens with one attached hydrogen (secondary N) is 1. The molecule has 0 saturated carbocycles. The molecular weight excluding hydrogens is 266 g/mol. The first-order valence-electron chi connectivity index (χ1n) is 6.46. The Balaban J connectivity index is 2.73. The summed E-state index contributed by atoms with van der Waals surface area (Å²) in [6, 6.07) is 4.78. The SMILES string of the molecule is CCCC(CCO)CNc1ccc(Cl)cc1C(=O)O. The number of benzene rings is 1.